The van der Waals surface area contributed by atoms with Gasteiger partial charge in [-0.25, -0.2) is 23.0 Å². The van der Waals surface area contributed by atoms with Gasteiger partial charge in [0.2, 0.25) is 0 Å². The Morgan fingerprint density at radius 3 is 2.34 bits per heavy atom. The van der Waals surface area contributed by atoms with Gasteiger partial charge in [0.25, 0.3) is 0 Å². The van der Waals surface area contributed by atoms with E-state index in [1.165, 1.54) is 25.3 Å². The Bertz CT molecular complexity index is 1220. The molecule has 1 heterocycles. The number of hydrogen-bond donors (Lipinski definition) is 0. The van der Waals surface area contributed by atoms with Crippen molar-refractivity contribution in [1.82, 2.24) is 4.98 Å². The van der Waals surface area contributed by atoms with E-state index in [4.69, 9.17) is 9.47 Å². The Morgan fingerprint density at radius 2 is 1.66 bits per heavy atom. The maximum absolute atomic E-state index is 12.6. The number of aromatic nitrogens is 1. The lowest BCUT2D eigenvalue weighted by Crippen LogP contribution is -2.15. The molecule has 2 aromatic carbocycles. The van der Waals surface area contributed by atoms with Crippen LogP contribution < -0.4 is 0 Å². The van der Waals surface area contributed by atoms with Crippen LogP contribution in [0, 0.1) is 6.92 Å². The highest BCUT2D eigenvalue weighted by molar-refractivity contribution is 7.90. The van der Waals surface area contributed by atoms with Gasteiger partial charge >= 0.3 is 11.9 Å². The quantitative estimate of drug-likeness (QED) is 0.593. The van der Waals surface area contributed by atoms with Crippen LogP contribution in [0.5, 0.6) is 0 Å². The Kier molecular flexibility index (Phi) is 5.65. The number of ether oxygens (including phenoxy) is 2. The number of hydrogen-bond acceptors (Lipinski definition) is 7. The molecule has 0 aliphatic heterocycles. The number of pyridine rings is 1. The highest BCUT2D eigenvalue weighted by Crippen LogP contribution is 2.25. The summed E-state index contributed by atoms with van der Waals surface area (Å²) in [6.07, 6.45) is 1.02. The number of esters is 2. The van der Waals surface area contributed by atoms with Gasteiger partial charge in [-0.05, 0) is 30.7 Å². The number of fused-ring (bicyclic) bond motifs is 1. The van der Waals surface area contributed by atoms with Gasteiger partial charge in [0, 0.05) is 11.6 Å². The lowest BCUT2D eigenvalue weighted by molar-refractivity contribution is 0.0451. The first-order valence-corrected chi connectivity index (χ1v) is 10.6. The van der Waals surface area contributed by atoms with E-state index in [0.717, 1.165) is 11.6 Å². The van der Waals surface area contributed by atoms with E-state index < -0.39 is 21.8 Å². The van der Waals surface area contributed by atoms with Gasteiger partial charge in [-0.15, -0.1) is 0 Å². The van der Waals surface area contributed by atoms with E-state index >= 15 is 0 Å². The monoisotopic (exact) mass is 413 g/mol. The van der Waals surface area contributed by atoms with Crippen LogP contribution in [0.2, 0.25) is 0 Å². The number of rotatable bonds is 5. The molecule has 3 aromatic rings. The fraction of sp³-hybridized carbons (Fsp3) is 0.190. The van der Waals surface area contributed by atoms with Gasteiger partial charge in [0.05, 0.1) is 34.3 Å². The summed E-state index contributed by atoms with van der Waals surface area (Å²) in [6, 6.07) is 13.0. The molecule has 0 spiro atoms. The SMILES string of the molecule is COC(=O)c1c(COC(=O)c2ccccc2S(C)(=O)=O)nc2ccccc2c1C. The molecule has 0 fully saturated rings. The first kappa shape index (κ1) is 20.5. The topological polar surface area (TPSA) is 99.6 Å². The fourth-order valence-corrected chi connectivity index (χ4v) is 3.96. The van der Waals surface area contributed by atoms with Crippen LogP contribution in [0.1, 0.15) is 32.0 Å². The molecule has 3 rings (SSSR count). The standard InChI is InChI=1S/C21H19NO6S/c1-13-14-8-4-6-10-16(14)22-17(19(13)21(24)27-2)12-28-20(23)15-9-5-7-11-18(15)29(3,25)26/h4-11H,12H2,1-3H3. The number of carbonyl (C=O) groups is 2. The molecule has 1 aromatic heterocycles. The maximum atomic E-state index is 12.6. The third-order valence-corrected chi connectivity index (χ3v) is 5.62. The molecule has 0 aliphatic carbocycles. The molecule has 0 radical (unpaired) electrons. The number of para-hydroxylation sites is 1. The van der Waals surface area contributed by atoms with E-state index in [-0.39, 0.29) is 28.3 Å². The molecule has 7 nitrogen and oxygen atoms in total. The molecule has 8 heteroatoms. The Balaban J connectivity index is 1.99. The molecule has 0 unspecified atom stereocenters. The van der Waals surface area contributed by atoms with Gasteiger partial charge in [0.1, 0.15) is 6.61 Å². The minimum Gasteiger partial charge on any atom is -0.465 e. The van der Waals surface area contributed by atoms with Crippen LogP contribution in [-0.2, 0) is 25.9 Å². The minimum atomic E-state index is -3.61. The lowest BCUT2D eigenvalue weighted by atomic mass is 10.0. The second kappa shape index (κ2) is 8.00. The first-order chi connectivity index (χ1) is 13.7. The average molecular weight is 413 g/mol. The van der Waals surface area contributed by atoms with Crippen molar-refractivity contribution in [2.45, 2.75) is 18.4 Å². The van der Waals surface area contributed by atoms with E-state index in [2.05, 4.69) is 4.98 Å². The van der Waals surface area contributed by atoms with E-state index in [1.807, 2.05) is 18.2 Å². The summed E-state index contributed by atoms with van der Waals surface area (Å²) in [5.41, 5.74) is 1.67. The van der Waals surface area contributed by atoms with Crippen LogP contribution >= 0.6 is 0 Å². The number of aryl methyl sites for hydroxylation is 1. The van der Waals surface area contributed by atoms with E-state index in [9.17, 15) is 18.0 Å². The van der Waals surface area contributed by atoms with Crippen molar-refractivity contribution in [1.29, 1.82) is 0 Å². The summed E-state index contributed by atoms with van der Waals surface area (Å²) in [4.78, 5) is 29.2. The summed E-state index contributed by atoms with van der Waals surface area (Å²) in [7, 11) is -2.35. The van der Waals surface area contributed by atoms with Crippen LogP contribution in [0.25, 0.3) is 10.9 Å². The molecule has 0 atom stereocenters. The van der Waals surface area contributed by atoms with Crippen LogP contribution in [0.3, 0.4) is 0 Å². The molecule has 0 saturated heterocycles. The zero-order valence-electron chi connectivity index (χ0n) is 16.1. The molecule has 0 aliphatic rings. The molecule has 0 N–H and O–H groups in total. The number of sulfone groups is 1. The van der Waals surface area contributed by atoms with Crippen molar-refractivity contribution in [3.8, 4) is 0 Å². The predicted molar refractivity (Wildman–Crippen MR) is 106 cm³/mol. The summed E-state index contributed by atoms with van der Waals surface area (Å²) in [5, 5.41) is 0.783. The largest absolute Gasteiger partial charge is 0.465 e. The van der Waals surface area contributed by atoms with E-state index in [1.54, 1.807) is 19.1 Å². The molecule has 150 valence electrons. The minimum absolute atomic E-state index is 0.0767. The van der Waals surface area contributed by atoms with Crippen LogP contribution in [-0.4, -0.2) is 38.7 Å². The maximum Gasteiger partial charge on any atom is 0.340 e. The van der Waals surface area contributed by atoms with Crippen molar-refractivity contribution in [2.24, 2.45) is 0 Å². The van der Waals surface area contributed by atoms with Crippen molar-refractivity contribution >= 4 is 32.7 Å². The summed E-state index contributed by atoms with van der Waals surface area (Å²) in [6.45, 7) is 1.45. The second-order valence-corrected chi connectivity index (χ2v) is 8.40. The summed E-state index contributed by atoms with van der Waals surface area (Å²) < 4.78 is 34.0. The smallest absolute Gasteiger partial charge is 0.340 e. The van der Waals surface area contributed by atoms with Crippen molar-refractivity contribution in [3.63, 3.8) is 0 Å². The molecule has 0 bridgehead atoms. The Labute approximate surface area is 168 Å². The van der Waals surface area contributed by atoms with E-state index in [0.29, 0.717) is 11.1 Å². The Morgan fingerprint density at radius 1 is 1.00 bits per heavy atom. The van der Waals surface area contributed by atoms with Gasteiger partial charge in [0.15, 0.2) is 9.84 Å². The zero-order chi connectivity index (χ0) is 21.2. The highest BCUT2D eigenvalue weighted by atomic mass is 32.2. The third kappa shape index (κ3) is 4.12. The second-order valence-electron chi connectivity index (χ2n) is 6.41. The van der Waals surface area contributed by atoms with Gasteiger partial charge in [-0.3, -0.25) is 0 Å². The molecule has 0 amide bonds. The van der Waals surface area contributed by atoms with Crippen molar-refractivity contribution in [3.05, 3.63) is 70.9 Å². The molecule has 0 saturated carbocycles. The third-order valence-electron chi connectivity index (χ3n) is 4.46. The average Bonchev–Trinajstić information content (AvgIpc) is 2.71. The number of methoxy groups -OCH3 is 1. The van der Waals surface area contributed by atoms with Gasteiger partial charge < -0.3 is 9.47 Å². The number of nitrogens with zero attached hydrogens (tertiary/aromatic N) is 1. The zero-order valence-corrected chi connectivity index (χ0v) is 16.9. The van der Waals surface area contributed by atoms with Gasteiger partial charge in [-0.1, -0.05) is 30.3 Å². The number of benzene rings is 2. The highest BCUT2D eigenvalue weighted by Gasteiger charge is 2.23. The first-order valence-electron chi connectivity index (χ1n) is 8.66. The Hall–Kier alpha value is -3.26. The predicted octanol–water partition coefficient (Wildman–Crippen LogP) is 3.09. The fourth-order valence-electron chi connectivity index (χ4n) is 3.09. The van der Waals surface area contributed by atoms with Crippen molar-refractivity contribution in [2.75, 3.05) is 13.4 Å². The molecule has 29 heavy (non-hydrogen) atoms. The lowest BCUT2D eigenvalue weighted by Gasteiger charge is -2.14. The molecular formula is C21H19NO6S. The summed E-state index contributed by atoms with van der Waals surface area (Å²) >= 11 is 0. The van der Waals surface area contributed by atoms with Crippen LogP contribution in [0.4, 0.5) is 0 Å². The van der Waals surface area contributed by atoms with Crippen molar-refractivity contribution < 1.29 is 27.5 Å². The molecular weight excluding hydrogens is 394 g/mol. The van der Waals surface area contributed by atoms with Gasteiger partial charge in [-0.2, -0.15) is 0 Å². The number of carbonyl (C=O) groups excluding carboxylic acids is 2. The summed E-state index contributed by atoms with van der Waals surface area (Å²) in [5.74, 6) is -1.42. The normalized spacial score (nSPS) is 11.3. The van der Waals surface area contributed by atoms with Crippen LogP contribution in [0.15, 0.2) is 53.4 Å².